The van der Waals surface area contributed by atoms with Crippen molar-refractivity contribution >= 4 is 35.1 Å². The van der Waals surface area contributed by atoms with E-state index in [0.29, 0.717) is 22.9 Å². The quantitative estimate of drug-likeness (QED) is 0.729. The molecular weight excluding hydrogens is 305 g/mol. The van der Waals surface area contributed by atoms with Gasteiger partial charge in [-0.25, -0.2) is 9.98 Å². The number of halogens is 2. The molecule has 1 aliphatic rings. The van der Waals surface area contributed by atoms with E-state index in [0.717, 1.165) is 23.3 Å². The highest BCUT2D eigenvalue weighted by Gasteiger charge is 2.31. The van der Waals surface area contributed by atoms with Crippen LogP contribution in [0.1, 0.15) is 25.3 Å². The van der Waals surface area contributed by atoms with Crippen LogP contribution in [0, 0.1) is 11.3 Å². The minimum atomic E-state index is -1.02. The van der Waals surface area contributed by atoms with E-state index >= 15 is 0 Å². The van der Waals surface area contributed by atoms with Gasteiger partial charge in [-0.15, -0.1) is 0 Å². The lowest BCUT2D eigenvalue weighted by molar-refractivity contribution is 0.581. The van der Waals surface area contributed by atoms with E-state index in [1.807, 2.05) is 19.1 Å². The van der Waals surface area contributed by atoms with Crippen LogP contribution in [0.25, 0.3) is 0 Å². The first-order valence-corrected chi connectivity index (χ1v) is 7.33. The van der Waals surface area contributed by atoms with Gasteiger partial charge in [0.05, 0.1) is 5.71 Å². The molecule has 1 aromatic rings. The summed E-state index contributed by atoms with van der Waals surface area (Å²) in [6, 6.07) is 7.61. The molecular formula is C16H15Cl2N3. The van der Waals surface area contributed by atoms with Crippen molar-refractivity contribution in [3.63, 3.8) is 0 Å². The number of aliphatic imine (C=N–C) groups is 2. The Morgan fingerprint density at radius 2 is 2.14 bits per heavy atom. The lowest BCUT2D eigenvalue weighted by atomic mass is 10.0. The third-order valence-electron chi connectivity index (χ3n) is 3.15. The maximum Gasteiger partial charge on any atom is 0.240 e. The standard InChI is InChI=1S/C16H15Cl2N3/c1-11(2)8-16(10-19)20-9-14(21-16)6-4-12-3-5-13(17)7-15(12)18/h3,5,7,9H,1,4,6,8H2,2H3. The number of nitrogens with zero attached hydrogens (tertiary/aromatic N) is 3. The van der Waals surface area contributed by atoms with Gasteiger partial charge in [-0.2, -0.15) is 5.26 Å². The van der Waals surface area contributed by atoms with E-state index in [-0.39, 0.29) is 0 Å². The predicted octanol–water partition coefficient (Wildman–Crippen LogP) is 4.64. The Bertz CT molecular complexity index is 671. The summed E-state index contributed by atoms with van der Waals surface area (Å²) in [5.41, 5.74) is 1.68. The zero-order valence-electron chi connectivity index (χ0n) is 11.7. The van der Waals surface area contributed by atoms with E-state index in [1.165, 1.54) is 0 Å². The number of benzene rings is 1. The Balaban J connectivity index is 2.06. The largest absolute Gasteiger partial charge is 0.247 e. The van der Waals surface area contributed by atoms with Crippen LogP contribution in [0.3, 0.4) is 0 Å². The van der Waals surface area contributed by atoms with Crippen molar-refractivity contribution in [1.29, 1.82) is 5.26 Å². The fraction of sp³-hybridized carbons (Fsp3) is 0.312. The SMILES string of the molecule is C=C(C)CC1(C#N)N=CC(CCc2ccc(Cl)cc2Cl)=N1. The molecule has 1 aliphatic heterocycles. The number of aryl methyl sites for hydroxylation is 1. The summed E-state index contributed by atoms with van der Waals surface area (Å²) in [5.74, 6) is 0. The smallest absolute Gasteiger partial charge is 0.240 e. The van der Waals surface area contributed by atoms with Crippen LogP contribution in [-0.4, -0.2) is 17.6 Å². The Kier molecular flexibility index (Phi) is 4.82. The monoisotopic (exact) mass is 319 g/mol. The molecule has 0 fully saturated rings. The van der Waals surface area contributed by atoms with E-state index in [2.05, 4.69) is 22.6 Å². The third kappa shape index (κ3) is 3.93. The normalized spacial score (nSPS) is 20.2. The van der Waals surface area contributed by atoms with Crippen LogP contribution in [-0.2, 0) is 6.42 Å². The van der Waals surface area contributed by atoms with Crippen LogP contribution in [0.4, 0.5) is 0 Å². The van der Waals surface area contributed by atoms with Gasteiger partial charge in [0.25, 0.3) is 0 Å². The second kappa shape index (κ2) is 6.43. The molecule has 108 valence electrons. The molecule has 1 heterocycles. The van der Waals surface area contributed by atoms with Gasteiger partial charge in [0, 0.05) is 22.7 Å². The average Bonchev–Trinajstić information content (AvgIpc) is 2.81. The lowest BCUT2D eigenvalue weighted by Crippen LogP contribution is -2.19. The van der Waals surface area contributed by atoms with Gasteiger partial charge in [-0.1, -0.05) is 41.4 Å². The first-order chi connectivity index (χ1) is 9.94. The molecule has 0 saturated carbocycles. The topological polar surface area (TPSA) is 48.5 Å². The van der Waals surface area contributed by atoms with Gasteiger partial charge in [0.2, 0.25) is 5.66 Å². The Hall–Kier alpha value is -1.63. The summed E-state index contributed by atoms with van der Waals surface area (Å²) in [7, 11) is 0. The number of rotatable bonds is 5. The summed E-state index contributed by atoms with van der Waals surface area (Å²) in [5, 5.41) is 10.6. The molecule has 0 bridgehead atoms. The van der Waals surface area contributed by atoms with Crippen molar-refractivity contribution in [2.45, 2.75) is 31.8 Å². The van der Waals surface area contributed by atoms with Crippen molar-refractivity contribution in [3.8, 4) is 6.07 Å². The first-order valence-electron chi connectivity index (χ1n) is 6.58. The van der Waals surface area contributed by atoms with E-state index < -0.39 is 5.66 Å². The zero-order chi connectivity index (χ0) is 15.5. The van der Waals surface area contributed by atoms with E-state index in [9.17, 15) is 5.26 Å². The fourth-order valence-corrected chi connectivity index (χ4v) is 2.69. The summed E-state index contributed by atoms with van der Waals surface area (Å²) < 4.78 is 0. The molecule has 0 amide bonds. The van der Waals surface area contributed by atoms with E-state index in [4.69, 9.17) is 23.2 Å². The van der Waals surface area contributed by atoms with Crippen LogP contribution >= 0.6 is 23.2 Å². The van der Waals surface area contributed by atoms with Crippen molar-refractivity contribution in [2.75, 3.05) is 0 Å². The highest BCUT2D eigenvalue weighted by atomic mass is 35.5. The highest BCUT2D eigenvalue weighted by Crippen LogP contribution is 2.26. The lowest BCUT2D eigenvalue weighted by Gasteiger charge is -2.13. The van der Waals surface area contributed by atoms with Gasteiger partial charge in [0.1, 0.15) is 6.07 Å². The zero-order valence-corrected chi connectivity index (χ0v) is 13.2. The van der Waals surface area contributed by atoms with Crippen LogP contribution in [0.5, 0.6) is 0 Å². The maximum absolute atomic E-state index is 9.30. The van der Waals surface area contributed by atoms with Crippen molar-refractivity contribution in [1.82, 2.24) is 0 Å². The summed E-state index contributed by atoms with van der Waals surface area (Å²) in [4.78, 5) is 8.70. The van der Waals surface area contributed by atoms with Crippen LogP contribution in [0.15, 0.2) is 40.3 Å². The summed E-state index contributed by atoms with van der Waals surface area (Å²) in [6.45, 7) is 5.70. The van der Waals surface area contributed by atoms with Crippen molar-refractivity contribution in [3.05, 3.63) is 46.0 Å². The molecule has 1 unspecified atom stereocenters. The third-order valence-corrected chi connectivity index (χ3v) is 3.74. The van der Waals surface area contributed by atoms with Crippen LogP contribution < -0.4 is 0 Å². The first kappa shape index (κ1) is 15.8. The molecule has 0 radical (unpaired) electrons. The molecule has 1 aromatic carbocycles. The number of nitriles is 1. The Morgan fingerprint density at radius 3 is 2.76 bits per heavy atom. The second-order valence-electron chi connectivity index (χ2n) is 5.16. The second-order valence-corrected chi connectivity index (χ2v) is 6.00. The molecule has 0 aliphatic carbocycles. The molecule has 0 saturated heterocycles. The highest BCUT2D eigenvalue weighted by molar-refractivity contribution is 6.35. The molecule has 1 atom stereocenters. The van der Waals surface area contributed by atoms with Gasteiger partial charge in [-0.3, -0.25) is 0 Å². The summed E-state index contributed by atoms with van der Waals surface area (Å²) in [6.07, 6.45) is 3.54. The maximum atomic E-state index is 9.30. The van der Waals surface area contributed by atoms with E-state index in [1.54, 1.807) is 12.3 Å². The minimum absolute atomic E-state index is 0.450. The molecule has 0 N–H and O–H groups in total. The fourth-order valence-electron chi connectivity index (χ4n) is 2.18. The molecule has 0 aromatic heterocycles. The molecule has 21 heavy (non-hydrogen) atoms. The Morgan fingerprint density at radius 1 is 1.38 bits per heavy atom. The Labute approximate surface area is 134 Å². The van der Waals surface area contributed by atoms with Gasteiger partial charge in [-0.05, 0) is 37.5 Å². The van der Waals surface area contributed by atoms with Crippen LogP contribution in [0.2, 0.25) is 10.0 Å². The van der Waals surface area contributed by atoms with Gasteiger partial charge in [0.15, 0.2) is 0 Å². The molecule has 0 spiro atoms. The van der Waals surface area contributed by atoms with Crippen molar-refractivity contribution in [2.24, 2.45) is 9.98 Å². The minimum Gasteiger partial charge on any atom is -0.247 e. The number of hydrogen-bond donors (Lipinski definition) is 0. The van der Waals surface area contributed by atoms with Gasteiger partial charge >= 0.3 is 0 Å². The number of hydrogen-bond acceptors (Lipinski definition) is 3. The average molecular weight is 320 g/mol. The molecule has 5 heteroatoms. The van der Waals surface area contributed by atoms with Gasteiger partial charge < -0.3 is 0 Å². The van der Waals surface area contributed by atoms with Crippen molar-refractivity contribution < 1.29 is 0 Å². The molecule has 3 nitrogen and oxygen atoms in total. The molecule has 2 rings (SSSR count). The summed E-state index contributed by atoms with van der Waals surface area (Å²) >= 11 is 12.0. The predicted molar refractivity (Wildman–Crippen MR) is 88.5 cm³/mol.